The Morgan fingerprint density at radius 1 is 1.14 bits per heavy atom. The van der Waals surface area contributed by atoms with Crippen molar-refractivity contribution in [3.63, 3.8) is 0 Å². The predicted molar refractivity (Wildman–Crippen MR) is 92.0 cm³/mol. The first-order chi connectivity index (χ1) is 10.3. The van der Waals surface area contributed by atoms with E-state index in [1.165, 1.54) is 37.4 Å². The van der Waals surface area contributed by atoms with Gasteiger partial charge in [0.25, 0.3) is 0 Å². The number of hydrogen-bond acceptors (Lipinski definition) is 4. The van der Waals surface area contributed by atoms with Gasteiger partial charge >= 0.3 is 0 Å². The number of thioether (sulfide) groups is 1. The Morgan fingerprint density at radius 2 is 1.90 bits per heavy atom. The molecule has 0 aliphatic carbocycles. The summed E-state index contributed by atoms with van der Waals surface area (Å²) in [5.74, 6) is 2.34. The van der Waals surface area contributed by atoms with E-state index in [1.807, 2.05) is 11.8 Å². The van der Waals surface area contributed by atoms with Crippen molar-refractivity contribution in [2.24, 2.45) is 0 Å². The number of morpholine rings is 1. The van der Waals surface area contributed by atoms with Gasteiger partial charge in [0.1, 0.15) is 0 Å². The fourth-order valence-corrected chi connectivity index (χ4v) is 3.50. The molecule has 1 aliphatic rings. The summed E-state index contributed by atoms with van der Waals surface area (Å²) in [7, 11) is 2.24. The lowest BCUT2D eigenvalue weighted by Crippen LogP contribution is -2.38. The minimum absolute atomic E-state index is 0.909. The van der Waals surface area contributed by atoms with E-state index in [2.05, 4.69) is 47.2 Å². The van der Waals surface area contributed by atoms with E-state index in [0.717, 1.165) is 32.1 Å². The minimum atomic E-state index is 0.909. The second-order valence-corrected chi connectivity index (χ2v) is 6.75. The van der Waals surface area contributed by atoms with E-state index in [-0.39, 0.29) is 0 Å². The predicted octanol–water partition coefficient (Wildman–Crippen LogP) is 2.57. The van der Waals surface area contributed by atoms with E-state index in [4.69, 9.17) is 4.74 Å². The molecular weight excluding hydrogens is 280 g/mol. The zero-order chi connectivity index (χ0) is 14.8. The fourth-order valence-electron chi connectivity index (χ4n) is 2.49. The quantitative estimate of drug-likeness (QED) is 0.651. The molecule has 1 saturated heterocycles. The molecule has 2 rings (SSSR count). The summed E-state index contributed by atoms with van der Waals surface area (Å²) >= 11 is 2.03. The zero-order valence-corrected chi connectivity index (χ0v) is 14.0. The fraction of sp³-hybridized carbons (Fsp3) is 0.647. The molecule has 0 amide bonds. The molecule has 0 spiro atoms. The van der Waals surface area contributed by atoms with Gasteiger partial charge in [0.05, 0.1) is 13.2 Å². The smallest absolute Gasteiger partial charge is 0.0594 e. The second-order valence-electron chi connectivity index (χ2n) is 5.65. The van der Waals surface area contributed by atoms with Crippen LogP contribution in [0.1, 0.15) is 12.0 Å². The highest BCUT2D eigenvalue weighted by Crippen LogP contribution is 2.11. The normalized spacial score (nSPS) is 16.5. The third-order valence-corrected chi connectivity index (χ3v) is 4.86. The van der Waals surface area contributed by atoms with Crippen molar-refractivity contribution in [3.05, 3.63) is 35.9 Å². The molecule has 118 valence electrons. The van der Waals surface area contributed by atoms with Gasteiger partial charge in [0.2, 0.25) is 0 Å². The topological polar surface area (TPSA) is 15.7 Å². The van der Waals surface area contributed by atoms with Crippen molar-refractivity contribution in [2.45, 2.75) is 12.2 Å². The first kappa shape index (κ1) is 16.8. The lowest BCUT2D eigenvalue weighted by Gasteiger charge is -2.27. The average molecular weight is 308 g/mol. The molecule has 0 aromatic heterocycles. The first-order valence-electron chi connectivity index (χ1n) is 7.95. The summed E-state index contributed by atoms with van der Waals surface area (Å²) in [5.41, 5.74) is 1.43. The average Bonchev–Trinajstić information content (AvgIpc) is 2.54. The summed E-state index contributed by atoms with van der Waals surface area (Å²) in [4.78, 5) is 4.97. The molecule has 0 atom stereocenters. The molecule has 1 fully saturated rings. The van der Waals surface area contributed by atoms with Gasteiger partial charge in [-0.15, -0.1) is 0 Å². The van der Waals surface area contributed by atoms with Crippen molar-refractivity contribution >= 4 is 11.8 Å². The number of benzene rings is 1. The van der Waals surface area contributed by atoms with Gasteiger partial charge < -0.3 is 9.64 Å². The Morgan fingerprint density at radius 3 is 2.67 bits per heavy atom. The van der Waals surface area contributed by atoms with Crippen molar-refractivity contribution in [1.82, 2.24) is 9.80 Å². The Bertz CT molecular complexity index is 368. The van der Waals surface area contributed by atoms with Crippen LogP contribution in [-0.2, 0) is 10.5 Å². The van der Waals surface area contributed by atoms with Crippen molar-refractivity contribution in [1.29, 1.82) is 0 Å². The first-order valence-corrected chi connectivity index (χ1v) is 9.10. The number of nitrogens with zero attached hydrogens (tertiary/aromatic N) is 2. The lowest BCUT2D eigenvalue weighted by molar-refractivity contribution is 0.0365. The summed E-state index contributed by atoms with van der Waals surface area (Å²) in [6.45, 7) is 7.62. The Kier molecular flexibility index (Phi) is 8.18. The van der Waals surface area contributed by atoms with Crippen LogP contribution in [0.15, 0.2) is 30.3 Å². The molecule has 0 bridgehead atoms. The lowest BCUT2D eigenvalue weighted by atomic mass is 10.2. The SMILES string of the molecule is CN(CCCN1CCOCC1)CCSCc1ccccc1. The van der Waals surface area contributed by atoms with E-state index in [1.54, 1.807) is 0 Å². The van der Waals surface area contributed by atoms with Crippen LogP contribution in [0, 0.1) is 0 Å². The molecule has 0 unspecified atom stereocenters. The number of hydrogen-bond donors (Lipinski definition) is 0. The molecule has 0 radical (unpaired) electrons. The maximum atomic E-state index is 5.37. The maximum Gasteiger partial charge on any atom is 0.0594 e. The molecular formula is C17H28N2OS. The van der Waals surface area contributed by atoms with Crippen LogP contribution in [0.4, 0.5) is 0 Å². The summed E-state index contributed by atoms with van der Waals surface area (Å²) < 4.78 is 5.37. The largest absolute Gasteiger partial charge is 0.379 e. The second kappa shape index (κ2) is 10.2. The van der Waals surface area contributed by atoms with Crippen LogP contribution in [0.25, 0.3) is 0 Å². The van der Waals surface area contributed by atoms with Gasteiger partial charge in [-0.05, 0) is 32.1 Å². The highest BCUT2D eigenvalue weighted by molar-refractivity contribution is 7.98. The summed E-state index contributed by atoms with van der Waals surface area (Å²) in [6, 6.07) is 10.7. The molecule has 1 heterocycles. The highest BCUT2D eigenvalue weighted by Gasteiger charge is 2.09. The molecule has 0 saturated carbocycles. The minimum Gasteiger partial charge on any atom is -0.379 e. The maximum absolute atomic E-state index is 5.37. The zero-order valence-electron chi connectivity index (χ0n) is 13.2. The van der Waals surface area contributed by atoms with Gasteiger partial charge in [-0.1, -0.05) is 30.3 Å². The van der Waals surface area contributed by atoms with Gasteiger partial charge in [0, 0.05) is 31.1 Å². The Hall–Kier alpha value is -0.550. The van der Waals surface area contributed by atoms with Gasteiger partial charge in [-0.2, -0.15) is 11.8 Å². The van der Waals surface area contributed by atoms with Crippen LogP contribution in [0.5, 0.6) is 0 Å². The summed E-state index contributed by atoms with van der Waals surface area (Å²) in [5, 5.41) is 0. The standard InChI is InChI=1S/C17H28N2OS/c1-18(8-5-9-19-10-13-20-14-11-19)12-15-21-16-17-6-3-2-4-7-17/h2-4,6-7H,5,8-16H2,1H3. The van der Waals surface area contributed by atoms with Crippen molar-refractivity contribution in [2.75, 3.05) is 58.7 Å². The third-order valence-electron chi connectivity index (χ3n) is 3.85. The third kappa shape index (κ3) is 7.32. The van der Waals surface area contributed by atoms with Crippen LogP contribution in [0.3, 0.4) is 0 Å². The molecule has 3 nitrogen and oxygen atoms in total. The van der Waals surface area contributed by atoms with Crippen LogP contribution < -0.4 is 0 Å². The molecule has 1 aliphatic heterocycles. The molecule has 21 heavy (non-hydrogen) atoms. The molecule has 0 N–H and O–H groups in total. The number of rotatable bonds is 9. The van der Waals surface area contributed by atoms with Crippen LogP contribution in [0.2, 0.25) is 0 Å². The van der Waals surface area contributed by atoms with Crippen molar-refractivity contribution < 1.29 is 4.74 Å². The van der Waals surface area contributed by atoms with Gasteiger partial charge in [-0.3, -0.25) is 4.90 Å². The van der Waals surface area contributed by atoms with E-state index in [9.17, 15) is 0 Å². The van der Waals surface area contributed by atoms with E-state index >= 15 is 0 Å². The molecule has 4 heteroatoms. The Labute approximate surface area is 133 Å². The van der Waals surface area contributed by atoms with Crippen LogP contribution in [-0.4, -0.2) is 68.5 Å². The van der Waals surface area contributed by atoms with E-state index < -0.39 is 0 Å². The van der Waals surface area contributed by atoms with E-state index in [0.29, 0.717) is 0 Å². The summed E-state index contributed by atoms with van der Waals surface area (Å²) in [6.07, 6.45) is 1.26. The molecule has 1 aromatic carbocycles. The molecule has 1 aromatic rings. The van der Waals surface area contributed by atoms with Gasteiger partial charge in [0.15, 0.2) is 0 Å². The van der Waals surface area contributed by atoms with Crippen LogP contribution >= 0.6 is 11.8 Å². The monoisotopic (exact) mass is 308 g/mol. The van der Waals surface area contributed by atoms with Gasteiger partial charge in [-0.25, -0.2) is 0 Å². The number of ether oxygens (including phenoxy) is 1. The Balaban J connectivity index is 1.46. The van der Waals surface area contributed by atoms with Crippen molar-refractivity contribution in [3.8, 4) is 0 Å². The highest BCUT2D eigenvalue weighted by atomic mass is 32.2.